The number of anilines is 1. The van der Waals surface area contributed by atoms with Crippen LogP contribution in [-0.2, 0) is 0 Å². The predicted molar refractivity (Wildman–Crippen MR) is 139 cm³/mol. The van der Waals surface area contributed by atoms with Gasteiger partial charge in [-0.05, 0) is 81.7 Å². The molecule has 1 aliphatic carbocycles. The first kappa shape index (κ1) is 24.1. The van der Waals surface area contributed by atoms with Gasteiger partial charge in [0.25, 0.3) is 5.91 Å². The Hall–Kier alpha value is -2.60. The molecule has 0 spiro atoms. The highest BCUT2D eigenvalue weighted by molar-refractivity contribution is 6.30. The minimum atomic E-state index is -0.115. The van der Waals surface area contributed by atoms with Crippen molar-refractivity contribution in [2.45, 2.75) is 70.3 Å². The molecule has 3 fully saturated rings. The van der Waals surface area contributed by atoms with E-state index in [0.717, 1.165) is 49.2 Å². The van der Waals surface area contributed by atoms with Crippen LogP contribution in [0.3, 0.4) is 0 Å². The van der Waals surface area contributed by atoms with E-state index in [9.17, 15) is 9.59 Å². The number of pyridine rings is 1. The van der Waals surface area contributed by atoms with Crippen molar-refractivity contribution in [1.29, 1.82) is 0 Å². The summed E-state index contributed by atoms with van der Waals surface area (Å²) in [5.41, 5.74) is 3.32. The molecule has 2 saturated heterocycles. The van der Waals surface area contributed by atoms with E-state index in [-0.39, 0.29) is 17.9 Å². The van der Waals surface area contributed by atoms with Gasteiger partial charge >= 0.3 is 6.03 Å². The Morgan fingerprint density at radius 2 is 1.74 bits per heavy atom. The smallest absolute Gasteiger partial charge is 0.321 e. The van der Waals surface area contributed by atoms with Gasteiger partial charge in [0.2, 0.25) is 0 Å². The fourth-order valence-corrected chi connectivity index (χ4v) is 6.42. The van der Waals surface area contributed by atoms with Gasteiger partial charge in [-0.25, -0.2) is 4.79 Å². The number of carbonyl (C=O) groups is 2. The Morgan fingerprint density at radius 3 is 2.54 bits per heavy atom. The van der Waals surface area contributed by atoms with Gasteiger partial charge < -0.3 is 15.1 Å². The van der Waals surface area contributed by atoms with Crippen LogP contribution in [0.1, 0.15) is 79.0 Å². The van der Waals surface area contributed by atoms with Crippen molar-refractivity contribution < 1.29 is 9.59 Å². The molecule has 2 aromatic rings. The molecular formula is C28H35ClN4O2. The van der Waals surface area contributed by atoms with E-state index in [1.165, 1.54) is 25.7 Å². The summed E-state index contributed by atoms with van der Waals surface area (Å²) in [7, 11) is 0. The van der Waals surface area contributed by atoms with Gasteiger partial charge in [0.15, 0.2) is 0 Å². The molecule has 3 amide bonds. The second-order valence-corrected chi connectivity index (χ2v) is 10.8. The number of amides is 3. The number of urea groups is 1. The molecule has 3 aliphatic rings. The van der Waals surface area contributed by atoms with E-state index in [2.05, 4.69) is 10.2 Å². The second kappa shape index (κ2) is 10.6. The molecule has 0 radical (unpaired) electrons. The topological polar surface area (TPSA) is 65.5 Å². The van der Waals surface area contributed by atoms with Gasteiger partial charge in [0, 0.05) is 48.0 Å². The fourth-order valence-electron chi connectivity index (χ4n) is 6.23. The maximum atomic E-state index is 13.8. The van der Waals surface area contributed by atoms with E-state index in [4.69, 9.17) is 16.6 Å². The highest BCUT2D eigenvalue weighted by Crippen LogP contribution is 2.37. The third-order valence-electron chi connectivity index (χ3n) is 8.04. The number of aromatic nitrogens is 1. The number of rotatable bonds is 3. The molecule has 1 aromatic carbocycles. The number of piperidine rings is 2. The van der Waals surface area contributed by atoms with E-state index < -0.39 is 0 Å². The van der Waals surface area contributed by atoms with E-state index in [1.54, 1.807) is 12.1 Å². The monoisotopic (exact) mass is 494 g/mol. The zero-order chi connectivity index (χ0) is 24.4. The molecule has 2 atom stereocenters. The molecule has 35 heavy (non-hydrogen) atoms. The summed E-state index contributed by atoms with van der Waals surface area (Å²) < 4.78 is 0. The summed E-state index contributed by atoms with van der Waals surface area (Å²) in [5.74, 6) is 0.991. The zero-order valence-electron chi connectivity index (χ0n) is 20.5. The van der Waals surface area contributed by atoms with Crippen molar-refractivity contribution >= 4 is 29.2 Å². The lowest BCUT2D eigenvalue weighted by Crippen LogP contribution is -2.50. The molecule has 6 nitrogen and oxygen atoms in total. The molecule has 3 heterocycles. The van der Waals surface area contributed by atoms with Crippen LogP contribution in [0.15, 0.2) is 36.4 Å². The SMILES string of the molecule is Cc1ccc(C(=O)N2CCC[C@H]3CCCC[C@H]32)c(C2CCN(C(=O)Nc3cccc(Cl)c3)CC2)n1. The number of nitrogens with zero attached hydrogens (tertiary/aromatic N) is 3. The van der Waals surface area contributed by atoms with Gasteiger partial charge in [-0.2, -0.15) is 0 Å². The summed E-state index contributed by atoms with van der Waals surface area (Å²) in [5, 5.41) is 3.54. The molecule has 1 N–H and O–H groups in total. The van der Waals surface area contributed by atoms with Crippen LogP contribution in [0.4, 0.5) is 10.5 Å². The summed E-state index contributed by atoms with van der Waals surface area (Å²) in [4.78, 5) is 35.5. The number of halogens is 1. The number of likely N-dealkylation sites (tertiary alicyclic amines) is 2. The molecule has 2 aliphatic heterocycles. The lowest BCUT2D eigenvalue weighted by Gasteiger charge is -2.44. The third kappa shape index (κ3) is 5.32. The fraction of sp³-hybridized carbons (Fsp3) is 0.536. The number of nitrogens with one attached hydrogen (secondary N) is 1. The normalized spacial score (nSPS) is 23.0. The van der Waals surface area contributed by atoms with Crippen molar-refractivity contribution in [2.24, 2.45) is 5.92 Å². The highest BCUT2D eigenvalue weighted by Gasteiger charge is 2.37. The van der Waals surface area contributed by atoms with Crippen LogP contribution >= 0.6 is 11.6 Å². The lowest BCUT2D eigenvalue weighted by atomic mass is 9.78. The Balaban J connectivity index is 1.28. The van der Waals surface area contributed by atoms with Crippen LogP contribution in [0.2, 0.25) is 5.02 Å². The Labute approximate surface area is 213 Å². The summed E-state index contributed by atoms with van der Waals surface area (Å²) in [6.45, 7) is 4.11. The number of aryl methyl sites for hydroxylation is 1. The van der Waals surface area contributed by atoms with Crippen LogP contribution < -0.4 is 5.32 Å². The minimum absolute atomic E-state index is 0.115. The van der Waals surface area contributed by atoms with Crippen molar-refractivity contribution in [3.05, 3.63) is 58.4 Å². The Kier molecular flexibility index (Phi) is 7.28. The standard InChI is InChI=1S/C28H35ClN4O2/c1-19-11-12-24(27(34)33-15-5-7-20-6-2-3-10-25(20)33)26(30-19)21-13-16-32(17-14-21)28(35)31-23-9-4-8-22(29)18-23/h4,8-9,11-12,18,20-21,25H,2-3,5-7,10,13-17H2,1H3,(H,31,35)/t20-,25-/m1/s1. The highest BCUT2D eigenvalue weighted by atomic mass is 35.5. The molecule has 7 heteroatoms. The van der Waals surface area contributed by atoms with Crippen LogP contribution in [0, 0.1) is 12.8 Å². The maximum Gasteiger partial charge on any atom is 0.321 e. The Morgan fingerprint density at radius 1 is 0.971 bits per heavy atom. The molecule has 1 aromatic heterocycles. The number of hydrogen-bond donors (Lipinski definition) is 1. The van der Waals surface area contributed by atoms with Crippen molar-refractivity contribution in [3.63, 3.8) is 0 Å². The summed E-state index contributed by atoms with van der Waals surface area (Å²) in [6, 6.07) is 11.4. The first-order valence-electron chi connectivity index (χ1n) is 13.1. The summed E-state index contributed by atoms with van der Waals surface area (Å²) >= 11 is 6.05. The molecule has 5 rings (SSSR count). The molecule has 0 bridgehead atoms. The maximum absolute atomic E-state index is 13.8. The first-order chi connectivity index (χ1) is 17.0. The van der Waals surface area contributed by atoms with Crippen LogP contribution in [-0.4, -0.2) is 52.4 Å². The largest absolute Gasteiger partial charge is 0.335 e. The van der Waals surface area contributed by atoms with Crippen LogP contribution in [0.25, 0.3) is 0 Å². The minimum Gasteiger partial charge on any atom is -0.335 e. The van der Waals surface area contributed by atoms with E-state index in [1.807, 2.05) is 36.1 Å². The number of fused-ring (bicyclic) bond motifs is 1. The number of benzene rings is 1. The van der Waals surface area contributed by atoms with Crippen molar-refractivity contribution in [1.82, 2.24) is 14.8 Å². The van der Waals surface area contributed by atoms with Gasteiger partial charge in [0.1, 0.15) is 0 Å². The van der Waals surface area contributed by atoms with Gasteiger partial charge in [-0.3, -0.25) is 9.78 Å². The average molecular weight is 495 g/mol. The average Bonchev–Trinajstić information content (AvgIpc) is 2.88. The van der Waals surface area contributed by atoms with Gasteiger partial charge in [0.05, 0.1) is 11.3 Å². The van der Waals surface area contributed by atoms with Crippen molar-refractivity contribution in [3.8, 4) is 0 Å². The number of carbonyl (C=O) groups excluding carboxylic acids is 2. The van der Waals surface area contributed by atoms with Crippen LogP contribution in [0.5, 0.6) is 0 Å². The van der Waals surface area contributed by atoms with E-state index in [0.29, 0.717) is 35.8 Å². The van der Waals surface area contributed by atoms with Gasteiger partial charge in [-0.1, -0.05) is 30.5 Å². The predicted octanol–water partition coefficient (Wildman–Crippen LogP) is 6.25. The Bertz CT molecular complexity index is 1080. The molecule has 186 valence electrons. The molecule has 0 unspecified atom stereocenters. The first-order valence-corrected chi connectivity index (χ1v) is 13.5. The molecular weight excluding hydrogens is 460 g/mol. The molecule has 1 saturated carbocycles. The van der Waals surface area contributed by atoms with Crippen molar-refractivity contribution in [2.75, 3.05) is 25.0 Å². The lowest BCUT2D eigenvalue weighted by molar-refractivity contribution is 0.0388. The summed E-state index contributed by atoms with van der Waals surface area (Å²) in [6.07, 6.45) is 8.85. The second-order valence-electron chi connectivity index (χ2n) is 10.3. The van der Waals surface area contributed by atoms with E-state index >= 15 is 0 Å². The number of hydrogen-bond acceptors (Lipinski definition) is 3. The van der Waals surface area contributed by atoms with Gasteiger partial charge in [-0.15, -0.1) is 0 Å². The quantitative estimate of drug-likeness (QED) is 0.548. The zero-order valence-corrected chi connectivity index (χ0v) is 21.3. The third-order valence-corrected chi connectivity index (χ3v) is 8.28.